The number of fused-ring (bicyclic) bond motifs is 1. The predicted molar refractivity (Wildman–Crippen MR) is 111 cm³/mol. The van der Waals surface area contributed by atoms with Crippen LogP contribution in [0.5, 0.6) is 5.75 Å². The quantitative estimate of drug-likeness (QED) is 0.626. The van der Waals surface area contributed by atoms with Gasteiger partial charge in [-0.3, -0.25) is 9.59 Å². The van der Waals surface area contributed by atoms with Crippen LogP contribution in [0.4, 0.5) is 0 Å². The van der Waals surface area contributed by atoms with Crippen molar-refractivity contribution in [1.29, 1.82) is 0 Å². The minimum Gasteiger partial charge on any atom is -0.508 e. The van der Waals surface area contributed by atoms with Gasteiger partial charge in [0.15, 0.2) is 17.0 Å². The second-order valence-corrected chi connectivity index (χ2v) is 7.74. The number of phenolic OH excluding ortho intramolecular Hbond substituents is 1. The van der Waals surface area contributed by atoms with Crippen LogP contribution in [0.25, 0.3) is 0 Å². The number of benzene rings is 3. The van der Waals surface area contributed by atoms with Crippen molar-refractivity contribution in [3.63, 3.8) is 0 Å². The SMILES string of the molecule is CC(C)c1ccc(C2(c3ccccc3C(=O)O)C(=O)c3ccccc3C2=O)c(O)c1. The number of carboxylic acid groups (broad SMARTS) is 1. The van der Waals surface area contributed by atoms with Gasteiger partial charge < -0.3 is 10.2 Å². The Hall–Kier alpha value is -3.73. The normalized spacial score (nSPS) is 14.8. The molecule has 150 valence electrons. The lowest BCUT2D eigenvalue weighted by molar-refractivity contribution is 0.0694. The fourth-order valence-electron chi connectivity index (χ4n) is 4.24. The third-order valence-corrected chi connectivity index (χ3v) is 5.75. The molecule has 0 saturated heterocycles. The first-order valence-corrected chi connectivity index (χ1v) is 9.65. The van der Waals surface area contributed by atoms with Crippen LogP contribution >= 0.6 is 0 Å². The molecule has 3 aromatic rings. The minimum atomic E-state index is -1.96. The summed E-state index contributed by atoms with van der Waals surface area (Å²) in [5.74, 6) is -2.41. The Morgan fingerprint density at radius 2 is 1.40 bits per heavy atom. The van der Waals surface area contributed by atoms with Gasteiger partial charge in [-0.05, 0) is 29.2 Å². The molecule has 0 aromatic heterocycles. The van der Waals surface area contributed by atoms with Crippen molar-refractivity contribution in [1.82, 2.24) is 0 Å². The predicted octanol–water partition coefficient (Wildman–Crippen LogP) is 4.58. The summed E-state index contributed by atoms with van der Waals surface area (Å²) in [6.45, 7) is 3.93. The van der Waals surface area contributed by atoms with E-state index in [4.69, 9.17) is 0 Å². The molecule has 30 heavy (non-hydrogen) atoms. The molecule has 5 heteroatoms. The second kappa shape index (κ2) is 6.95. The molecule has 0 unspecified atom stereocenters. The summed E-state index contributed by atoms with van der Waals surface area (Å²) in [4.78, 5) is 39.5. The van der Waals surface area contributed by atoms with Crippen molar-refractivity contribution in [2.75, 3.05) is 0 Å². The summed E-state index contributed by atoms with van der Waals surface area (Å²) in [5.41, 5.74) is -0.695. The van der Waals surface area contributed by atoms with Gasteiger partial charge in [0.1, 0.15) is 5.75 Å². The number of phenols is 1. The Balaban J connectivity index is 2.11. The number of ketones is 2. The molecule has 2 N–H and O–H groups in total. The zero-order chi connectivity index (χ0) is 21.6. The molecule has 0 heterocycles. The van der Waals surface area contributed by atoms with Gasteiger partial charge in [0, 0.05) is 16.7 Å². The molecular formula is C25H20O5. The van der Waals surface area contributed by atoms with Crippen LogP contribution in [0.2, 0.25) is 0 Å². The molecule has 1 aliphatic rings. The molecule has 0 aliphatic heterocycles. The van der Waals surface area contributed by atoms with Gasteiger partial charge in [0.05, 0.1) is 5.56 Å². The summed E-state index contributed by atoms with van der Waals surface area (Å²) >= 11 is 0. The highest BCUT2D eigenvalue weighted by atomic mass is 16.4. The van der Waals surface area contributed by atoms with Gasteiger partial charge in [0.25, 0.3) is 0 Å². The minimum absolute atomic E-state index is 0.0521. The summed E-state index contributed by atoms with van der Waals surface area (Å²) in [6.07, 6.45) is 0. The Labute approximate surface area is 173 Å². The van der Waals surface area contributed by atoms with Crippen molar-refractivity contribution >= 4 is 17.5 Å². The first-order valence-electron chi connectivity index (χ1n) is 9.65. The van der Waals surface area contributed by atoms with Crippen molar-refractivity contribution < 1.29 is 24.6 Å². The van der Waals surface area contributed by atoms with E-state index in [0.29, 0.717) is 0 Å². The van der Waals surface area contributed by atoms with E-state index in [1.54, 1.807) is 48.5 Å². The molecular weight excluding hydrogens is 380 g/mol. The number of aromatic carboxylic acids is 1. The zero-order valence-corrected chi connectivity index (χ0v) is 16.5. The standard InChI is InChI=1S/C25H20O5/c1-14(2)15-11-12-20(21(26)13-15)25(19-10-6-5-9-18(19)24(29)30)22(27)16-7-3-4-8-17(16)23(25)28/h3-14,26H,1-2H3,(H,29,30). The lowest BCUT2D eigenvalue weighted by atomic mass is 9.68. The lowest BCUT2D eigenvalue weighted by Crippen LogP contribution is -2.41. The second-order valence-electron chi connectivity index (χ2n) is 7.74. The fraction of sp³-hybridized carbons (Fsp3) is 0.160. The van der Waals surface area contributed by atoms with Crippen LogP contribution < -0.4 is 0 Å². The van der Waals surface area contributed by atoms with Crippen LogP contribution in [-0.4, -0.2) is 27.7 Å². The fourth-order valence-corrected chi connectivity index (χ4v) is 4.24. The van der Waals surface area contributed by atoms with Crippen molar-refractivity contribution in [2.24, 2.45) is 0 Å². The van der Waals surface area contributed by atoms with Gasteiger partial charge in [-0.2, -0.15) is 0 Å². The molecule has 0 saturated carbocycles. The molecule has 1 aliphatic carbocycles. The molecule has 0 atom stereocenters. The van der Waals surface area contributed by atoms with Crippen molar-refractivity contribution in [3.05, 3.63) is 100 Å². The maximum absolute atomic E-state index is 13.8. The highest BCUT2D eigenvalue weighted by molar-refractivity contribution is 6.36. The Kier molecular flexibility index (Phi) is 4.54. The largest absolute Gasteiger partial charge is 0.508 e. The van der Waals surface area contributed by atoms with Crippen LogP contribution in [0.1, 0.15) is 67.5 Å². The van der Waals surface area contributed by atoms with E-state index >= 15 is 0 Å². The smallest absolute Gasteiger partial charge is 0.336 e. The van der Waals surface area contributed by atoms with Gasteiger partial charge in [0.2, 0.25) is 0 Å². The Bertz CT molecular complexity index is 1170. The highest BCUT2D eigenvalue weighted by Gasteiger charge is 2.57. The van der Waals surface area contributed by atoms with E-state index < -0.39 is 23.0 Å². The maximum Gasteiger partial charge on any atom is 0.336 e. The van der Waals surface area contributed by atoms with E-state index in [1.807, 2.05) is 13.8 Å². The number of hydrogen-bond donors (Lipinski definition) is 2. The summed E-state index contributed by atoms with van der Waals surface area (Å²) in [5, 5.41) is 20.7. The van der Waals surface area contributed by atoms with Gasteiger partial charge in [-0.15, -0.1) is 0 Å². The van der Waals surface area contributed by atoms with Gasteiger partial charge >= 0.3 is 5.97 Å². The van der Waals surface area contributed by atoms with Crippen LogP contribution in [-0.2, 0) is 5.41 Å². The molecule has 3 aromatic carbocycles. The molecule has 0 bridgehead atoms. The monoisotopic (exact) mass is 400 g/mol. The Morgan fingerprint density at radius 3 is 1.93 bits per heavy atom. The van der Waals surface area contributed by atoms with Crippen molar-refractivity contribution in [3.8, 4) is 5.75 Å². The lowest BCUT2D eigenvalue weighted by Gasteiger charge is -2.29. The molecule has 0 spiro atoms. The topological polar surface area (TPSA) is 91.7 Å². The van der Waals surface area contributed by atoms with Crippen molar-refractivity contribution in [2.45, 2.75) is 25.2 Å². The molecule has 5 nitrogen and oxygen atoms in total. The zero-order valence-electron chi connectivity index (χ0n) is 16.5. The number of Topliss-reactive ketones (excluding diaryl/α,β-unsaturated/α-hetero) is 2. The van der Waals surface area contributed by atoms with E-state index in [-0.39, 0.29) is 39.5 Å². The van der Waals surface area contributed by atoms with Gasteiger partial charge in [-0.1, -0.05) is 68.4 Å². The van der Waals surface area contributed by atoms with Crippen LogP contribution in [0, 0.1) is 0 Å². The Morgan fingerprint density at radius 1 is 0.833 bits per heavy atom. The average molecular weight is 400 g/mol. The number of carboxylic acids is 1. The molecule has 0 amide bonds. The average Bonchev–Trinajstić information content (AvgIpc) is 2.96. The third kappa shape index (κ3) is 2.59. The number of carbonyl (C=O) groups is 3. The molecule has 0 radical (unpaired) electrons. The van der Waals surface area contributed by atoms with Crippen LogP contribution in [0.3, 0.4) is 0 Å². The van der Waals surface area contributed by atoms with E-state index in [2.05, 4.69) is 0 Å². The first-order chi connectivity index (χ1) is 14.3. The maximum atomic E-state index is 13.8. The summed E-state index contributed by atoms with van der Waals surface area (Å²) < 4.78 is 0. The number of hydrogen-bond acceptors (Lipinski definition) is 4. The molecule has 0 fully saturated rings. The van der Waals surface area contributed by atoms with Gasteiger partial charge in [-0.25, -0.2) is 4.79 Å². The van der Waals surface area contributed by atoms with E-state index in [1.165, 1.54) is 18.2 Å². The summed E-state index contributed by atoms with van der Waals surface area (Å²) in [7, 11) is 0. The van der Waals surface area contributed by atoms with E-state index in [0.717, 1.165) is 5.56 Å². The number of rotatable bonds is 4. The number of carbonyl (C=O) groups excluding carboxylic acids is 2. The molecule has 4 rings (SSSR count). The van der Waals surface area contributed by atoms with Crippen LogP contribution in [0.15, 0.2) is 66.7 Å². The first kappa shape index (κ1) is 19.6. The number of aromatic hydroxyl groups is 1. The summed E-state index contributed by atoms with van der Waals surface area (Å²) in [6, 6.07) is 17.2. The van der Waals surface area contributed by atoms with E-state index in [9.17, 15) is 24.6 Å². The highest BCUT2D eigenvalue weighted by Crippen LogP contribution is 2.48. The third-order valence-electron chi connectivity index (χ3n) is 5.75.